The predicted molar refractivity (Wildman–Crippen MR) is 91.5 cm³/mol. The molecule has 10 nitrogen and oxygen atoms in total. The highest BCUT2D eigenvalue weighted by molar-refractivity contribution is 6.14. The number of carboxylic acid groups (broad SMARTS) is 3. The quantitative estimate of drug-likeness (QED) is 0.510. The van der Waals surface area contributed by atoms with Gasteiger partial charge in [-0.05, 0) is 16.7 Å². The molecule has 0 atom stereocenters. The van der Waals surface area contributed by atoms with Crippen LogP contribution in [0.3, 0.4) is 0 Å². The monoisotopic (exact) mass is 376 g/mol. The molecule has 0 unspecified atom stereocenters. The first-order valence-electron chi connectivity index (χ1n) is 7.55. The van der Waals surface area contributed by atoms with Gasteiger partial charge >= 0.3 is 17.9 Å². The van der Waals surface area contributed by atoms with Crippen molar-refractivity contribution in [1.29, 1.82) is 0 Å². The van der Waals surface area contributed by atoms with Gasteiger partial charge < -0.3 is 21.1 Å². The summed E-state index contributed by atoms with van der Waals surface area (Å²) in [5.74, 6) is -4.51. The highest BCUT2D eigenvalue weighted by Crippen LogP contribution is 2.38. The van der Waals surface area contributed by atoms with E-state index in [4.69, 9.17) is 15.7 Å². The molecule has 27 heavy (non-hydrogen) atoms. The molecule has 0 saturated heterocycles. The average molecular weight is 376 g/mol. The van der Waals surface area contributed by atoms with Crippen LogP contribution in [0, 0.1) is 0 Å². The van der Waals surface area contributed by atoms with E-state index < -0.39 is 30.4 Å². The Morgan fingerprint density at radius 1 is 0.963 bits per heavy atom. The van der Waals surface area contributed by atoms with E-state index in [0.717, 1.165) is 5.06 Å². The van der Waals surface area contributed by atoms with Crippen molar-refractivity contribution < 1.29 is 39.3 Å². The van der Waals surface area contributed by atoms with Crippen LogP contribution in [0.5, 0.6) is 0 Å². The van der Waals surface area contributed by atoms with Crippen molar-refractivity contribution in [2.75, 3.05) is 19.4 Å². The van der Waals surface area contributed by atoms with E-state index in [0.29, 0.717) is 5.56 Å². The van der Waals surface area contributed by atoms with Crippen LogP contribution < -0.4 is 5.73 Å². The fourth-order valence-corrected chi connectivity index (χ4v) is 2.56. The number of fused-ring (bicyclic) bond motifs is 1. The van der Waals surface area contributed by atoms with Gasteiger partial charge in [0, 0.05) is 7.05 Å². The van der Waals surface area contributed by atoms with Gasteiger partial charge in [-0.1, -0.05) is 24.3 Å². The second kappa shape index (κ2) is 7.70. The van der Waals surface area contributed by atoms with Gasteiger partial charge in [0.25, 0.3) is 0 Å². The molecule has 2 rings (SSSR count). The summed E-state index contributed by atoms with van der Waals surface area (Å²) in [6.07, 6.45) is -0.173. The number of anilines is 1. The van der Waals surface area contributed by atoms with Crippen molar-refractivity contribution in [1.82, 2.24) is 5.06 Å². The molecule has 5 N–H and O–H groups in total. The number of carboxylic acids is 3. The van der Waals surface area contributed by atoms with E-state index in [-0.39, 0.29) is 34.4 Å². The maximum absolute atomic E-state index is 12.1. The van der Waals surface area contributed by atoms with Gasteiger partial charge in [-0.2, -0.15) is 0 Å². The smallest absolute Gasteiger partial charge is 0.338 e. The summed E-state index contributed by atoms with van der Waals surface area (Å²) in [7, 11) is 1.26. The number of hydrogen-bond acceptors (Lipinski definition) is 6. The van der Waals surface area contributed by atoms with Gasteiger partial charge in [-0.15, -0.1) is 0 Å². The standard InChI is InChI=1S/C17H16N2O8/c1-19(27-7-12(21)22)11(20)6-8-2-4-9-10(5-3-8)14(17(25)26)15(18)13(9)16(23)24/h2-5H,6-7,18H2,1H3,(H,21,22)(H,23,24)(H,25,26). The van der Waals surface area contributed by atoms with Crippen LogP contribution in [0.25, 0.3) is 11.1 Å². The second-order valence-corrected chi connectivity index (χ2v) is 5.58. The lowest BCUT2D eigenvalue weighted by Gasteiger charge is -2.15. The molecule has 0 aromatic heterocycles. The molecule has 0 saturated carbocycles. The number of hydrogen-bond donors (Lipinski definition) is 4. The predicted octanol–water partition coefficient (Wildman–Crippen LogP) is 0.787. The van der Waals surface area contributed by atoms with Crippen molar-refractivity contribution in [3.05, 3.63) is 41.0 Å². The molecule has 0 fully saturated rings. The molecule has 0 radical (unpaired) electrons. The number of carbonyl (C=O) groups excluding carboxylic acids is 1. The Kier molecular flexibility index (Phi) is 5.61. The van der Waals surface area contributed by atoms with Gasteiger partial charge in [-0.3, -0.25) is 9.63 Å². The summed E-state index contributed by atoms with van der Waals surface area (Å²) in [5, 5.41) is 28.0. The number of carbonyl (C=O) groups is 4. The van der Waals surface area contributed by atoms with E-state index in [9.17, 15) is 29.4 Å². The lowest BCUT2D eigenvalue weighted by Crippen LogP contribution is -2.30. The minimum Gasteiger partial charge on any atom is -0.479 e. The Hall–Kier alpha value is -3.66. The van der Waals surface area contributed by atoms with Gasteiger partial charge in [0.1, 0.15) is 0 Å². The number of nitrogen functional groups attached to an aromatic ring is 1. The summed E-state index contributed by atoms with van der Waals surface area (Å²) in [4.78, 5) is 50.2. The zero-order valence-corrected chi connectivity index (χ0v) is 14.1. The molecule has 142 valence electrons. The minimum absolute atomic E-state index is 0.131. The van der Waals surface area contributed by atoms with Gasteiger partial charge in [0.05, 0.1) is 23.2 Å². The largest absolute Gasteiger partial charge is 0.479 e. The number of likely N-dealkylation sites (N-methyl/N-ethyl adjacent to an activating group) is 1. The van der Waals surface area contributed by atoms with Crippen molar-refractivity contribution in [2.24, 2.45) is 0 Å². The Morgan fingerprint density at radius 2 is 1.44 bits per heavy atom. The van der Waals surface area contributed by atoms with Gasteiger partial charge in [-0.25, -0.2) is 19.4 Å². The Morgan fingerprint density at radius 3 is 1.85 bits per heavy atom. The fourth-order valence-electron chi connectivity index (χ4n) is 2.56. The lowest BCUT2D eigenvalue weighted by molar-refractivity contribution is -0.185. The highest BCUT2D eigenvalue weighted by atomic mass is 16.7. The first kappa shape index (κ1) is 19.7. The van der Waals surface area contributed by atoms with E-state index in [2.05, 4.69) is 0 Å². The number of hydroxylamine groups is 2. The van der Waals surface area contributed by atoms with Crippen molar-refractivity contribution >= 4 is 29.5 Å². The molecule has 0 spiro atoms. The number of nitrogens with two attached hydrogens (primary N) is 1. The Balaban J connectivity index is 2.39. The highest BCUT2D eigenvalue weighted by Gasteiger charge is 2.28. The molecular weight excluding hydrogens is 360 g/mol. The van der Waals surface area contributed by atoms with Gasteiger partial charge in [0.15, 0.2) is 6.61 Å². The van der Waals surface area contributed by atoms with Crippen molar-refractivity contribution in [2.45, 2.75) is 6.42 Å². The molecule has 0 aromatic carbocycles. The molecule has 1 amide bonds. The van der Waals surface area contributed by atoms with E-state index in [1.54, 1.807) is 0 Å². The van der Waals surface area contributed by atoms with Crippen LogP contribution in [0.1, 0.15) is 26.3 Å². The molecule has 0 bridgehead atoms. The number of nitrogens with zero attached hydrogens (tertiary/aromatic N) is 1. The summed E-state index contributed by atoms with van der Waals surface area (Å²) in [6, 6.07) is 5.68. The molecule has 10 heteroatoms. The first-order chi connectivity index (χ1) is 12.6. The molecule has 2 aliphatic rings. The third-order valence-electron chi connectivity index (χ3n) is 3.81. The third-order valence-corrected chi connectivity index (χ3v) is 3.81. The third kappa shape index (κ3) is 4.12. The lowest BCUT2D eigenvalue weighted by atomic mass is 10.1. The minimum atomic E-state index is -1.37. The van der Waals surface area contributed by atoms with Crippen LogP contribution in [0.2, 0.25) is 0 Å². The molecule has 0 aliphatic heterocycles. The Bertz CT molecular complexity index is 856. The Labute approximate surface area is 152 Å². The van der Waals surface area contributed by atoms with E-state index in [1.807, 2.05) is 0 Å². The van der Waals surface area contributed by atoms with Gasteiger partial charge in [0.2, 0.25) is 5.91 Å². The SMILES string of the molecule is CN(OCC(=O)O)C(=O)Cc1ccc2c(C(=O)O)c(N)c(C(=O)O)c-2cc1. The number of aliphatic carboxylic acids is 1. The van der Waals surface area contributed by atoms with Crippen LogP contribution in [0.15, 0.2) is 24.3 Å². The molecular formula is C17H16N2O8. The maximum atomic E-state index is 12.1. The zero-order chi connectivity index (χ0) is 20.3. The van der Waals surface area contributed by atoms with E-state index in [1.165, 1.54) is 31.3 Å². The summed E-state index contributed by atoms with van der Waals surface area (Å²) in [5.41, 5.74) is 5.41. The zero-order valence-electron chi connectivity index (χ0n) is 14.1. The van der Waals surface area contributed by atoms with Crippen molar-refractivity contribution in [3.63, 3.8) is 0 Å². The van der Waals surface area contributed by atoms with Crippen LogP contribution in [-0.2, 0) is 20.8 Å². The fraction of sp³-hybridized carbons (Fsp3) is 0.176. The van der Waals surface area contributed by atoms with Crippen LogP contribution >= 0.6 is 0 Å². The topological polar surface area (TPSA) is 167 Å². The van der Waals surface area contributed by atoms with Crippen LogP contribution in [0.4, 0.5) is 5.69 Å². The molecule has 2 aliphatic carbocycles. The first-order valence-corrected chi connectivity index (χ1v) is 7.55. The number of aromatic carboxylic acids is 2. The van der Waals surface area contributed by atoms with E-state index >= 15 is 0 Å². The average Bonchev–Trinajstić information content (AvgIpc) is 2.72. The summed E-state index contributed by atoms with van der Waals surface area (Å²) >= 11 is 0. The molecule has 0 heterocycles. The summed E-state index contributed by atoms with van der Waals surface area (Å²) in [6.45, 7) is -0.678. The number of rotatable bonds is 7. The number of amides is 1. The van der Waals surface area contributed by atoms with Crippen LogP contribution in [-0.4, -0.2) is 57.9 Å². The molecule has 0 aromatic rings. The van der Waals surface area contributed by atoms with Crippen molar-refractivity contribution in [3.8, 4) is 11.1 Å². The second-order valence-electron chi connectivity index (χ2n) is 5.58. The maximum Gasteiger partial charge on any atom is 0.338 e. The normalized spacial score (nSPS) is 10.6. The summed E-state index contributed by atoms with van der Waals surface area (Å²) < 4.78 is 0.